The van der Waals surface area contributed by atoms with Crippen LogP contribution in [0.3, 0.4) is 0 Å². The number of hydrogen-bond donors (Lipinski definition) is 1. The van der Waals surface area contributed by atoms with E-state index in [-0.39, 0.29) is 6.03 Å². The lowest BCUT2D eigenvalue weighted by Crippen LogP contribution is -2.53. The Morgan fingerprint density at radius 3 is 2.45 bits per heavy atom. The van der Waals surface area contributed by atoms with E-state index in [2.05, 4.69) is 11.8 Å². The molecule has 114 valence electrons. The first kappa shape index (κ1) is 15.1. The Labute approximate surface area is 120 Å². The van der Waals surface area contributed by atoms with Gasteiger partial charge in [-0.1, -0.05) is 6.92 Å². The summed E-state index contributed by atoms with van der Waals surface area (Å²) in [6.07, 6.45) is 2.36. The second kappa shape index (κ2) is 5.99. The molecular weight excluding hydrogens is 258 g/mol. The van der Waals surface area contributed by atoms with Gasteiger partial charge in [-0.15, -0.1) is 0 Å². The number of carbonyl (C=O) groups excluding carboxylic acids is 1. The number of piperidine rings is 1. The van der Waals surface area contributed by atoms with E-state index in [9.17, 15) is 14.7 Å². The van der Waals surface area contributed by atoms with Gasteiger partial charge in [0.05, 0.1) is 0 Å². The molecule has 0 radical (unpaired) electrons. The number of amides is 2. The zero-order chi connectivity index (χ0) is 14.9. The van der Waals surface area contributed by atoms with E-state index in [4.69, 9.17) is 0 Å². The summed E-state index contributed by atoms with van der Waals surface area (Å²) in [5.41, 5.74) is 0. The van der Waals surface area contributed by atoms with Crippen LogP contribution in [0.25, 0.3) is 0 Å². The minimum Gasteiger partial charge on any atom is -0.480 e. The lowest BCUT2D eigenvalue weighted by Gasteiger charge is -2.35. The maximum absolute atomic E-state index is 12.6. The van der Waals surface area contributed by atoms with E-state index in [0.29, 0.717) is 38.0 Å². The number of urea groups is 1. The van der Waals surface area contributed by atoms with Crippen molar-refractivity contribution >= 4 is 12.0 Å². The van der Waals surface area contributed by atoms with Crippen LogP contribution in [0.4, 0.5) is 4.79 Å². The topological polar surface area (TPSA) is 64.1 Å². The van der Waals surface area contributed by atoms with Crippen molar-refractivity contribution in [1.82, 2.24) is 14.7 Å². The highest BCUT2D eigenvalue weighted by molar-refractivity contribution is 5.83. The zero-order valence-corrected chi connectivity index (χ0v) is 12.6. The van der Waals surface area contributed by atoms with Crippen LogP contribution in [-0.4, -0.2) is 77.6 Å². The second-order valence-corrected chi connectivity index (χ2v) is 6.24. The van der Waals surface area contributed by atoms with E-state index in [1.807, 2.05) is 19.0 Å². The average molecular weight is 283 g/mol. The number of hydrogen-bond acceptors (Lipinski definition) is 3. The van der Waals surface area contributed by atoms with Crippen molar-refractivity contribution in [2.24, 2.45) is 5.92 Å². The monoisotopic (exact) mass is 283 g/mol. The first-order chi connectivity index (χ1) is 9.41. The fraction of sp³-hybridized carbons (Fsp3) is 0.857. The molecule has 0 saturated carbocycles. The molecule has 2 rings (SSSR count). The lowest BCUT2D eigenvalue weighted by atomic mass is 10.0. The number of carboxylic acids is 1. The molecule has 2 aliphatic rings. The number of rotatable bonds is 2. The molecular formula is C14H25N3O3. The molecule has 6 heteroatoms. The molecule has 20 heavy (non-hydrogen) atoms. The third-order valence-corrected chi connectivity index (χ3v) is 4.54. The average Bonchev–Trinajstić information content (AvgIpc) is 2.80. The molecule has 0 bridgehead atoms. The van der Waals surface area contributed by atoms with Gasteiger partial charge in [-0.3, -0.25) is 0 Å². The van der Waals surface area contributed by atoms with Crippen LogP contribution in [0.1, 0.15) is 26.2 Å². The molecule has 0 aromatic rings. The highest BCUT2D eigenvalue weighted by Crippen LogP contribution is 2.24. The number of nitrogens with zero attached hydrogens (tertiary/aromatic N) is 3. The van der Waals surface area contributed by atoms with Crippen LogP contribution >= 0.6 is 0 Å². The van der Waals surface area contributed by atoms with Gasteiger partial charge in [0.2, 0.25) is 0 Å². The van der Waals surface area contributed by atoms with Crippen LogP contribution < -0.4 is 0 Å². The summed E-state index contributed by atoms with van der Waals surface area (Å²) < 4.78 is 0. The molecule has 0 aliphatic carbocycles. The van der Waals surface area contributed by atoms with Gasteiger partial charge in [0.15, 0.2) is 0 Å². The Bertz CT molecular complexity index is 386. The van der Waals surface area contributed by atoms with Crippen molar-refractivity contribution in [3.8, 4) is 0 Å². The van der Waals surface area contributed by atoms with Gasteiger partial charge in [0.25, 0.3) is 0 Å². The molecule has 2 saturated heterocycles. The summed E-state index contributed by atoms with van der Waals surface area (Å²) in [6.45, 7) is 4.11. The quantitative estimate of drug-likeness (QED) is 0.819. The largest absolute Gasteiger partial charge is 0.480 e. The van der Waals surface area contributed by atoms with E-state index in [0.717, 1.165) is 12.8 Å². The van der Waals surface area contributed by atoms with E-state index in [1.54, 1.807) is 4.90 Å². The zero-order valence-electron chi connectivity index (χ0n) is 12.6. The standard InChI is InChI=1S/C14H25N3O3/c1-10-8-16(9-12(10)15(2)3)14(20)17-7-5-4-6-11(17)13(18)19/h10-12H,4-9H2,1-3H3,(H,18,19). The smallest absolute Gasteiger partial charge is 0.326 e. The minimum atomic E-state index is -0.880. The molecule has 0 aromatic heterocycles. The van der Waals surface area contributed by atoms with Crippen LogP contribution in [0, 0.1) is 5.92 Å². The van der Waals surface area contributed by atoms with Crippen molar-refractivity contribution in [3.63, 3.8) is 0 Å². The Hall–Kier alpha value is -1.30. The Morgan fingerprint density at radius 1 is 1.20 bits per heavy atom. The normalized spacial score (nSPS) is 30.9. The Balaban J connectivity index is 2.05. The van der Waals surface area contributed by atoms with Crippen LogP contribution in [0.2, 0.25) is 0 Å². The molecule has 2 amide bonds. The number of likely N-dealkylation sites (tertiary alicyclic amines) is 2. The summed E-state index contributed by atoms with van der Waals surface area (Å²) in [6, 6.07) is -0.398. The summed E-state index contributed by atoms with van der Waals surface area (Å²) in [5, 5.41) is 9.27. The molecule has 0 aromatic carbocycles. The number of likely N-dealkylation sites (N-methyl/N-ethyl adjacent to an activating group) is 1. The van der Waals surface area contributed by atoms with Crippen molar-refractivity contribution in [2.45, 2.75) is 38.3 Å². The molecule has 2 aliphatic heterocycles. The summed E-state index contributed by atoms with van der Waals surface area (Å²) >= 11 is 0. The molecule has 3 atom stereocenters. The highest BCUT2D eigenvalue weighted by Gasteiger charge is 2.39. The predicted molar refractivity (Wildman–Crippen MR) is 75.6 cm³/mol. The van der Waals surface area contributed by atoms with Crippen LogP contribution in [0.15, 0.2) is 0 Å². The fourth-order valence-corrected chi connectivity index (χ4v) is 3.38. The molecule has 2 fully saturated rings. The fourth-order valence-electron chi connectivity index (χ4n) is 3.38. The van der Waals surface area contributed by atoms with Gasteiger partial charge < -0.3 is 19.8 Å². The lowest BCUT2D eigenvalue weighted by molar-refractivity contribution is -0.143. The number of carbonyl (C=O) groups is 2. The van der Waals surface area contributed by atoms with Gasteiger partial charge >= 0.3 is 12.0 Å². The van der Waals surface area contributed by atoms with Gasteiger partial charge in [0.1, 0.15) is 6.04 Å². The maximum Gasteiger partial charge on any atom is 0.326 e. The summed E-state index contributed by atoms with van der Waals surface area (Å²) in [5.74, 6) is -0.462. The molecule has 0 spiro atoms. The van der Waals surface area contributed by atoms with Gasteiger partial charge in [-0.25, -0.2) is 9.59 Å². The number of aliphatic carboxylic acids is 1. The van der Waals surface area contributed by atoms with E-state index < -0.39 is 12.0 Å². The van der Waals surface area contributed by atoms with Crippen molar-refractivity contribution in [2.75, 3.05) is 33.7 Å². The Morgan fingerprint density at radius 2 is 1.90 bits per heavy atom. The van der Waals surface area contributed by atoms with Crippen molar-refractivity contribution < 1.29 is 14.7 Å². The SMILES string of the molecule is CC1CN(C(=O)N2CCCCC2C(=O)O)CC1N(C)C. The summed E-state index contributed by atoms with van der Waals surface area (Å²) in [4.78, 5) is 29.4. The Kier molecular flexibility index (Phi) is 4.52. The highest BCUT2D eigenvalue weighted by atomic mass is 16.4. The minimum absolute atomic E-state index is 0.103. The first-order valence-corrected chi connectivity index (χ1v) is 7.36. The van der Waals surface area contributed by atoms with E-state index >= 15 is 0 Å². The third kappa shape index (κ3) is 2.90. The third-order valence-electron chi connectivity index (χ3n) is 4.54. The van der Waals surface area contributed by atoms with Crippen LogP contribution in [-0.2, 0) is 4.79 Å². The molecule has 6 nitrogen and oxygen atoms in total. The van der Waals surface area contributed by atoms with Crippen LogP contribution in [0.5, 0.6) is 0 Å². The van der Waals surface area contributed by atoms with Gasteiger partial charge in [-0.05, 0) is 39.3 Å². The number of carboxylic acid groups (broad SMARTS) is 1. The first-order valence-electron chi connectivity index (χ1n) is 7.36. The maximum atomic E-state index is 12.6. The summed E-state index contributed by atoms with van der Waals surface area (Å²) in [7, 11) is 4.05. The van der Waals surface area contributed by atoms with Crippen molar-refractivity contribution in [1.29, 1.82) is 0 Å². The predicted octanol–water partition coefficient (Wildman–Crippen LogP) is 0.927. The molecule has 2 heterocycles. The van der Waals surface area contributed by atoms with Crippen molar-refractivity contribution in [3.05, 3.63) is 0 Å². The van der Waals surface area contributed by atoms with E-state index in [1.165, 1.54) is 0 Å². The molecule has 1 N–H and O–H groups in total. The second-order valence-electron chi connectivity index (χ2n) is 6.24. The molecule has 3 unspecified atom stereocenters. The van der Waals surface area contributed by atoms with Gasteiger partial charge in [0, 0.05) is 25.7 Å². The van der Waals surface area contributed by atoms with Gasteiger partial charge in [-0.2, -0.15) is 0 Å².